The Morgan fingerprint density at radius 3 is 2.72 bits per heavy atom. The van der Waals surface area contributed by atoms with E-state index in [2.05, 4.69) is 33.1 Å². The number of hydrogen-bond donors (Lipinski definition) is 0. The highest BCUT2D eigenvalue weighted by atomic mass is 32.2. The van der Waals surface area contributed by atoms with Gasteiger partial charge in [0.15, 0.2) is 0 Å². The topological polar surface area (TPSA) is 49.3 Å². The molecule has 0 spiro atoms. The number of nitrogens with zero attached hydrogens (tertiary/aromatic N) is 4. The molecule has 0 unspecified atom stereocenters. The number of carbonyl (C=O) groups excluding carboxylic acids is 1. The number of aryl methyl sites for hydroxylation is 2. The van der Waals surface area contributed by atoms with Crippen molar-refractivity contribution in [2.24, 2.45) is 0 Å². The third-order valence-corrected chi connectivity index (χ3v) is 5.92. The summed E-state index contributed by atoms with van der Waals surface area (Å²) in [6, 6.07) is 6.66. The molecule has 2 aliphatic rings. The number of piperazine rings is 1. The Hall–Kier alpha value is -2.08. The fourth-order valence-corrected chi connectivity index (χ4v) is 4.38. The Balaban J connectivity index is 1.28. The molecule has 130 valence electrons. The minimum atomic E-state index is 0.226. The monoisotopic (exact) mass is 354 g/mol. The minimum Gasteiger partial charge on any atom is -0.352 e. The van der Waals surface area contributed by atoms with Gasteiger partial charge < -0.3 is 9.80 Å². The molecule has 1 amide bonds. The molecular formula is C19H22N4OS. The van der Waals surface area contributed by atoms with Crippen molar-refractivity contribution in [1.82, 2.24) is 14.9 Å². The predicted octanol–water partition coefficient (Wildman–Crippen LogP) is 2.41. The zero-order valence-electron chi connectivity index (χ0n) is 14.2. The number of carbonyl (C=O) groups is 1. The lowest BCUT2D eigenvalue weighted by Crippen LogP contribution is -2.49. The molecule has 5 nitrogen and oxygen atoms in total. The maximum atomic E-state index is 12.5. The maximum Gasteiger partial charge on any atom is 0.233 e. The van der Waals surface area contributed by atoms with Crippen molar-refractivity contribution >= 4 is 23.5 Å². The van der Waals surface area contributed by atoms with Crippen LogP contribution in [0.15, 0.2) is 41.7 Å². The fourth-order valence-electron chi connectivity index (χ4n) is 3.51. The third kappa shape index (κ3) is 3.79. The van der Waals surface area contributed by atoms with Crippen molar-refractivity contribution in [3.63, 3.8) is 0 Å². The summed E-state index contributed by atoms with van der Waals surface area (Å²) in [5.74, 6) is 1.63. The number of amides is 1. The van der Waals surface area contributed by atoms with E-state index in [1.165, 1.54) is 35.3 Å². The lowest BCUT2D eigenvalue weighted by molar-refractivity contribution is -0.128. The lowest BCUT2D eigenvalue weighted by atomic mass is 10.1. The van der Waals surface area contributed by atoms with Gasteiger partial charge in [-0.2, -0.15) is 0 Å². The van der Waals surface area contributed by atoms with Gasteiger partial charge in [0, 0.05) is 43.5 Å². The first-order chi connectivity index (χ1) is 12.3. The Labute approximate surface area is 152 Å². The molecule has 1 aliphatic heterocycles. The highest BCUT2D eigenvalue weighted by molar-refractivity contribution is 8.00. The van der Waals surface area contributed by atoms with E-state index in [0.717, 1.165) is 32.0 Å². The third-order valence-electron chi connectivity index (χ3n) is 4.94. The number of rotatable bonds is 4. The summed E-state index contributed by atoms with van der Waals surface area (Å²) >= 11 is 1.66. The van der Waals surface area contributed by atoms with E-state index in [1.54, 1.807) is 30.4 Å². The summed E-state index contributed by atoms with van der Waals surface area (Å²) < 4.78 is 0. The average Bonchev–Trinajstić information content (AvgIpc) is 3.15. The predicted molar refractivity (Wildman–Crippen MR) is 100 cm³/mol. The van der Waals surface area contributed by atoms with Crippen LogP contribution in [0.3, 0.4) is 0 Å². The lowest BCUT2D eigenvalue weighted by Gasteiger charge is -2.35. The summed E-state index contributed by atoms with van der Waals surface area (Å²) in [6.07, 6.45) is 8.82. The molecule has 1 aromatic heterocycles. The molecule has 1 saturated heterocycles. The molecule has 2 heterocycles. The van der Waals surface area contributed by atoms with Crippen LogP contribution in [0.2, 0.25) is 0 Å². The van der Waals surface area contributed by atoms with Gasteiger partial charge in [-0.3, -0.25) is 9.78 Å². The van der Waals surface area contributed by atoms with E-state index in [4.69, 9.17) is 0 Å². The number of benzene rings is 1. The van der Waals surface area contributed by atoms with Crippen LogP contribution in [-0.4, -0.2) is 52.7 Å². The second-order valence-electron chi connectivity index (χ2n) is 6.50. The van der Waals surface area contributed by atoms with Gasteiger partial charge in [-0.25, -0.2) is 4.98 Å². The second kappa shape index (κ2) is 7.44. The van der Waals surface area contributed by atoms with Gasteiger partial charge in [-0.05, 0) is 42.5 Å². The number of fused-ring (bicyclic) bond motifs is 1. The fraction of sp³-hybridized carbons (Fsp3) is 0.421. The molecule has 4 rings (SSSR count). The molecule has 1 fully saturated rings. The Kier molecular flexibility index (Phi) is 4.88. The van der Waals surface area contributed by atoms with Gasteiger partial charge in [-0.1, -0.05) is 6.07 Å². The van der Waals surface area contributed by atoms with Gasteiger partial charge in [0.1, 0.15) is 5.82 Å². The molecule has 0 bridgehead atoms. The molecular weight excluding hydrogens is 332 g/mol. The zero-order chi connectivity index (χ0) is 17.1. The molecule has 1 aliphatic carbocycles. The van der Waals surface area contributed by atoms with Crippen LogP contribution in [0.1, 0.15) is 17.5 Å². The molecule has 0 radical (unpaired) electrons. The molecule has 2 aromatic rings. The zero-order valence-corrected chi connectivity index (χ0v) is 15.0. The van der Waals surface area contributed by atoms with E-state index in [-0.39, 0.29) is 5.91 Å². The Morgan fingerprint density at radius 1 is 1.08 bits per heavy atom. The number of aromatic nitrogens is 2. The van der Waals surface area contributed by atoms with Gasteiger partial charge in [0.05, 0.1) is 11.9 Å². The van der Waals surface area contributed by atoms with Crippen molar-refractivity contribution < 1.29 is 4.79 Å². The molecule has 25 heavy (non-hydrogen) atoms. The summed E-state index contributed by atoms with van der Waals surface area (Å²) in [6.45, 7) is 3.13. The van der Waals surface area contributed by atoms with E-state index in [0.29, 0.717) is 5.75 Å². The summed E-state index contributed by atoms with van der Waals surface area (Å²) in [5, 5.41) is 0. The van der Waals surface area contributed by atoms with Crippen molar-refractivity contribution in [3.05, 3.63) is 47.9 Å². The van der Waals surface area contributed by atoms with Crippen molar-refractivity contribution in [2.45, 2.75) is 24.2 Å². The van der Waals surface area contributed by atoms with Crippen LogP contribution < -0.4 is 4.90 Å². The molecule has 6 heteroatoms. The van der Waals surface area contributed by atoms with E-state index in [9.17, 15) is 4.79 Å². The SMILES string of the molecule is O=C(CSc1ccc2c(c1)CCC2)N1CCN(c2cnccn2)CC1. The van der Waals surface area contributed by atoms with E-state index in [1.807, 2.05) is 4.90 Å². The summed E-state index contributed by atoms with van der Waals surface area (Å²) in [4.78, 5) is 26.3. The highest BCUT2D eigenvalue weighted by Gasteiger charge is 2.22. The summed E-state index contributed by atoms with van der Waals surface area (Å²) in [7, 11) is 0. The second-order valence-corrected chi connectivity index (χ2v) is 7.55. The van der Waals surface area contributed by atoms with Gasteiger partial charge >= 0.3 is 0 Å². The van der Waals surface area contributed by atoms with Crippen molar-refractivity contribution in [2.75, 3.05) is 36.8 Å². The first kappa shape index (κ1) is 16.4. The Morgan fingerprint density at radius 2 is 1.92 bits per heavy atom. The van der Waals surface area contributed by atoms with Crippen LogP contribution in [-0.2, 0) is 17.6 Å². The number of hydrogen-bond acceptors (Lipinski definition) is 5. The van der Waals surface area contributed by atoms with Crippen LogP contribution in [0.4, 0.5) is 5.82 Å². The maximum absolute atomic E-state index is 12.5. The Bertz CT molecular complexity index is 744. The first-order valence-electron chi connectivity index (χ1n) is 8.83. The van der Waals surface area contributed by atoms with Gasteiger partial charge in [-0.15, -0.1) is 11.8 Å². The molecule has 0 N–H and O–H groups in total. The van der Waals surface area contributed by atoms with Crippen LogP contribution >= 0.6 is 11.8 Å². The van der Waals surface area contributed by atoms with E-state index < -0.39 is 0 Å². The molecule has 1 aromatic carbocycles. The van der Waals surface area contributed by atoms with Gasteiger partial charge in [0.25, 0.3) is 0 Å². The van der Waals surface area contributed by atoms with Crippen LogP contribution in [0, 0.1) is 0 Å². The number of thioether (sulfide) groups is 1. The molecule has 0 atom stereocenters. The van der Waals surface area contributed by atoms with Crippen molar-refractivity contribution in [3.8, 4) is 0 Å². The normalized spacial score (nSPS) is 16.8. The molecule has 0 saturated carbocycles. The van der Waals surface area contributed by atoms with Gasteiger partial charge in [0.2, 0.25) is 5.91 Å². The highest BCUT2D eigenvalue weighted by Crippen LogP contribution is 2.27. The summed E-state index contributed by atoms with van der Waals surface area (Å²) in [5.41, 5.74) is 2.95. The van der Waals surface area contributed by atoms with E-state index >= 15 is 0 Å². The first-order valence-corrected chi connectivity index (χ1v) is 9.81. The quantitative estimate of drug-likeness (QED) is 0.789. The smallest absolute Gasteiger partial charge is 0.233 e. The standard InChI is InChI=1S/C19H22N4OS/c24-19(14-25-17-5-4-15-2-1-3-16(15)12-17)23-10-8-22(9-11-23)18-13-20-6-7-21-18/h4-7,12-13H,1-3,8-11,14H2. The minimum absolute atomic E-state index is 0.226. The number of anilines is 1. The largest absolute Gasteiger partial charge is 0.352 e. The van der Waals surface area contributed by atoms with Crippen LogP contribution in [0.5, 0.6) is 0 Å². The average molecular weight is 354 g/mol. The van der Waals surface area contributed by atoms with Crippen LogP contribution in [0.25, 0.3) is 0 Å². The van der Waals surface area contributed by atoms with Crippen molar-refractivity contribution in [1.29, 1.82) is 0 Å².